The van der Waals surface area contributed by atoms with E-state index >= 15 is 0 Å². The Hall–Kier alpha value is -1.85. The average Bonchev–Trinajstić information content (AvgIpc) is 2.88. The summed E-state index contributed by atoms with van der Waals surface area (Å²) < 4.78 is 1.73. The van der Waals surface area contributed by atoms with Gasteiger partial charge in [0.1, 0.15) is 0 Å². The van der Waals surface area contributed by atoms with Gasteiger partial charge in [0.05, 0.1) is 11.6 Å². The van der Waals surface area contributed by atoms with Gasteiger partial charge in [-0.1, -0.05) is 0 Å². The first kappa shape index (κ1) is 11.6. The number of amides is 2. The summed E-state index contributed by atoms with van der Waals surface area (Å²) in [7, 11) is 1.86. The summed E-state index contributed by atoms with van der Waals surface area (Å²) in [6.45, 7) is 1.01. The molecule has 2 N–H and O–H groups in total. The van der Waals surface area contributed by atoms with E-state index in [2.05, 4.69) is 15.7 Å². The van der Waals surface area contributed by atoms with Crippen molar-refractivity contribution in [2.75, 3.05) is 13.1 Å². The molecule has 2 heterocycles. The Morgan fingerprint density at radius 2 is 2.53 bits per heavy atom. The highest BCUT2D eigenvalue weighted by Gasteiger charge is 2.27. The lowest BCUT2D eigenvalue weighted by atomic mass is 10.1. The molecule has 2 rings (SSSR count). The van der Waals surface area contributed by atoms with Gasteiger partial charge < -0.3 is 10.6 Å². The summed E-state index contributed by atoms with van der Waals surface area (Å²) in [4.78, 5) is 22.6. The largest absolute Gasteiger partial charge is 0.355 e. The maximum Gasteiger partial charge on any atom is 0.225 e. The SMILES string of the molecule is Cn1ccc(CCNC(=O)C2CNC(=O)C2)n1. The molecule has 0 spiro atoms. The molecule has 92 valence electrons. The zero-order valence-electron chi connectivity index (χ0n) is 9.77. The van der Waals surface area contributed by atoms with E-state index in [1.54, 1.807) is 4.68 Å². The van der Waals surface area contributed by atoms with Crippen LogP contribution in [0.2, 0.25) is 0 Å². The lowest BCUT2D eigenvalue weighted by Gasteiger charge is -2.07. The Morgan fingerprint density at radius 1 is 1.71 bits per heavy atom. The molecule has 17 heavy (non-hydrogen) atoms. The molecule has 0 saturated carbocycles. The summed E-state index contributed by atoms with van der Waals surface area (Å²) in [6, 6.07) is 1.92. The molecule has 6 heteroatoms. The number of carbonyl (C=O) groups excluding carboxylic acids is 2. The summed E-state index contributed by atoms with van der Waals surface area (Å²) in [6.07, 6.45) is 2.88. The van der Waals surface area contributed by atoms with Gasteiger partial charge in [0.25, 0.3) is 0 Å². The smallest absolute Gasteiger partial charge is 0.225 e. The first-order valence-corrected chi connectivity index (χ1v) is 5.68. The predicted octanol–water partition coefficient (Wildman–Crippen LogP) is -0.785. The minimum absolute atomic E-state index is 0.0464. The normalized spacial score (nSPS) is 19.1. The van der Waals surface area contributed by atoms with Crippen LogP contribution in [0, 0.1) is 5.92 Å². The van der Waals surface area contributed by atoms with Gasteiger partial charge in [-0.25, -0.2) is 0 Å². The van der Waals surface area contributed by atoms with Gasteiger partial charge in [-0.2, -0.15) is 5.10 Å². The fourth-order valence-corrected chi connectivity index (χ4v) is 1.85. The molecule has 0 radical (unpaired) electrons. The Morgan fingerprint density at radius 3 is 3.12 bits per heavy atom. The fourth-order valence-electron chi connectivity index (χ4n) is 1.85. The Labute approximate surface area is 99.4 Å². The highest BCUT2D eigenvalue weighted by atomic mass is 16.2. The molecule has 0 bridgehead atoms. The number of rotatable bonds is 4. The quantitative estimate of drug-likeness (QED) is 0.719. The molecule has 6 nitrogen and oxygen atoms in total. The molecule has 1 fully saturated rings. The van der Waals surface area contributed by atoms with Crippen molar-refractivity contribution in [1.82, 2.24) is 20.4 Å². The van der Waals surface area contributed by atoms with Gasteiger partial charge >= 0.3 is 0 Å². The van der Waals surface area contributed by atoms with Crippen molar-refractivity contribution >= 4 is 11.8 Å². The van der Waals surface area contributed by atoms with E-state index in [1.807, 2.05) is 19.3 Å². The number of hydrogen-bond acceptors (Lipinski definition) is 3. The van der Waals surface area contributed by atoms with E-state index in [0.29, 0.717) is 25.9 Å². The van der Waals surface area contributed by atoms with Crippen molar-refractivity contribution < 1.29 is 9.59 Å². The van der Waals surface area contributed by atoms with Crippen LogP contribution >= 0.6 is 0 Å². The lowest BCUT2D eigenvalue weighted by Crippen LogP contribution is -2.33. The second kappa shape index (κ2) is 4.99. The van der Waals surface area contributed by atoms with Gasteiger partial charge in [0.15, 0.2) is 0 Å². The van der Waals surface area contributed by atoms with Crippen LogP contribution in [0.1, 0.15) is 12.1 Å². The summed E-state index contributed by atoms with van der Waals surface area (Å²) in [5.41, 5.74) is 0.952. The Kier molecular flexibility index (Phi) is 3.41. The van der Waals surface area contributed by atoms with E-state index < -0.39 is 0 Å². The molecule has 2 amide bonds. The zero-order valence-corrected chi connectivity index (χ0v) is 9.77. The molecule has 1 aromatic rings. The zero-order chi connectivity index (χ0) is 12.3. The minimum atomic E-state index is -0.216. The van der Waals surface area contributed by atoms with Gasteiger partial charge in [0, 0.05) is 39.2 Å². The van der Waals surface area contributed by atoms with Crippen molar-refractivity contribution in [1.29, 1.82) is 0 Å². The molecule has 1 atom stereocenters. The van der Waals surface area contributed by atoms with Gasteiger partial charge in [-0.15, -0.1) is 0 Å². The third kappa shape index (κ3) is 3.05. The van der Waals surface area contributed by atoms with E-state index in [-0.39, 0.29) is 17.7 Å². The number of aromatic nitrogens is 2. The molecule has 1 unspecified atom stereocenters. The van der Waals surface area contributed by atoms with Crippen molar-refractivity contribution in [3.05, 3.63) is 18.0 Å². The Balaban J connectivity index is 1.71. The first-order chi connectivity index (χ1) is 8.15. The second-order valence-corrected chi connectivity index (χ2v) is 4.23. The molecule has 1 saturated heterocycles. The van der Waals surface area contributed by atoms with Crippen LogP contribution < -0.4 is 10.6 Å². The van der Waals surface area contributed by atoms with E-state index in [9.17, 15) is 9.59 Å². The van der Waals surface area contributed by atoms with Gasteiger partial charge in [0.2, 0.25) is 11.8 Å². The van der Waals surface area contributed by atoms with Crippen LogP contribution in [0.3, 0.4) is 0 Å². The third-order valence-corrected chi connectivity index (χ3v) is 2.80. The monoisotopic (exact) mass is 236 g/mol. The van der Waals surface area contributed by atoms with Crippen LogP contribution in [0.25, 0.3) is 0 Å². The van der Waals surface area contributed by atoms with Crippen molar-refractivity contribution in [2.45, 2.75) is 12.8 Å². The van der Waals surface area contributed by atoms with Gasteiger partial charge in [-0.3, -0.25) is 14.3 Å². The van der Waals surface area contributed by atoms with Crippen LogP contribution in [0.5, 0.6) is 0 Å². The van der Waals surface area contributed by atoms with Crippen LogP contribution in [0.15, 0.2) is 12.3 Å². The Bertz CT molecular complexity index is 427. The van der Waals surface area contributed by atoms with Crippen molar-refractivity contribution in [2.24, 2.45) is 13.0 Å². The van der Waals surface area contributed by atoms with Crippen molar-refractivity contribution in [3.63, 3.8) is 0 Å². The number of aryl methyl sites for hydroxylation is 1. The third-order valence-electron chi connectivity index (χ3n) is 2.80. The number of carbonyl (C=O) groups is 2. The molecule has 0 aromatic carbocycles. The van der Waals surface area contributed by atoms with Crippen molar-refractivity contribution in [3.8, 4) is 0 Å². The van der Waals surface area contributed by atoms with Gasteiger partial charge in [-0.05, 0) is 6.07 Å². The first-order valence-electron chi connectivity index (χ1n) is 5.68. The summed E-state index contributed by atoms with van der Waals surface area (Å²) >= 11 is 0. The number of nitrogens with zero attached hydrogens (tertiary/aromatic N) is 2. The molecular weight excluding hydrogens is 220 g/mol. The van der Waals surface area contributed by atoms with Crippen LogP contribution in [-0.4, -0.2) is 34.7 Å². The molecule has 0 aliphatic carbocycles. The van der Waals surface area contributed by atoms with E-state index in [4.69, 9.17) is 0 Å². The topological polar surface area (TPSA) is 76.0 Å². The number of hydrogen-bond donors (Lipinski definition) is 2. The highest BCUT2D eigenvalue weighted by Crippen LogP contribution is 2.08. The van der Waals surface area contributed by atoms with E-state index in [1.165, 1.54) is 0 Å². The minimum Gasteiger partial charge on any atom is -0.355 e. The average molecular weight is 236 g/mol. The predicted molar refractivity (Wildman–Crippen MR) is 61.0 cm³/mol. The molecule has 1 aliphatic rings. The molecule has 1 aliphatic heterocycles. The summed E-state index contributed by atoms with van der Waals surface area (Å²) in [5, 5.41) is 9.68. The second-order valence-electron chi connectivity index (χ2n) is 4.23. The molecule has 1 aromatic heterocycles. The maximum absolute atomic E-state index is 11.7. The summed E-state index contributed by atoms with van der Waals surface area (Å²) in [5.74, 6) is -0.319. The molecular formula is C11H16N4O2. The maximum atomic E-state index is 11.7. The van der Waals surface area contributed by atoms with Crippen LogP contribution in [0.4, 0.5) is 0 Å². The highest BCUT2D eigenvalue weighted by molar-refractivity contribution is 5.89. The fraction of sp³-hybridized carbons (Fsp3) is 0.545. The lowest BCUT2D eigenvalue weighted by molar-refractivity contribution is -0.126. The standard InChI is InChI=1S/C11H16N4O2/c1-15-5-3-9(14-15)2-4-12-11(17)8-6-10(16)13-7-8/h3,5,8H,2,4,6-7H2,1H3,(H,12,17)(H,13,16). The van der Waals surface area contributed by atoms with E-state index in [0.717, 1.165) is 5.69 Å². The van der Waals surface area contributed by atoms with Crippen LogP contribution in [-0.2, 0) is 23.1 Å². The number of nitrogens with one attached hydrogen (secondary N) is 2.